The average molecular weight is 316 g/mol. The second-order valence-electron chi connectivity index (χ2n) is 4.15. The normalized spacial score (nSPS) is 11.7. The smallest absolute Gasteiger partial charge is 0.327 e. The van der Waals surface area contributed by atoms with Crippen LogP contribution in [0.2, 0.25) is 0 Å². The van der Waals surface area contributed by atoms with Crippen LogP contribution in [0.5, 0.6) is 0 Å². The van der Waals surface area contributed by atoms with Crippen LogP contribution in [-0.2, 0) is 15.3 Å². The Morgan fingerprint density at radius 2 is 2.19 bits per heavy atom. The zero-order valence-electron chi connectivity index (χ0n) is 11.0. The van der Waals surface area contributed by atoms with E-state index in [0.29, 0.717) is 5.56 Å². The Balaban J connectivity index is 2.59. The Kier molecular flexibility index (Phi) is 6.10. The maximum Gasteiger partial charge on any atom is 0.327 e. The highest BCUT2D eigenvalue weighted by atomic mass is 32.2. The van der Waals surface area contributed by atoms with Gasteiger partial charge < -0.3 is 10.4 Å². The summed E-state index contributed by atoms with van der Waals surface area (Å²) in [6.07, 6.45) is 0. The second kappa shape index (κ2) is 7.58. The van der Waals surface area contributed by atoms with E-state index in [1.807, 2.05) is 0 Å². The molecule has 7 nitrogen and oxygen atoms in total. The van der Waals surface area contributed by atoms with E-state index >= 15 is 0 Å². The fourth-order valence-corrected chi connectivity index (χ4v) is 2.50. The van der Waals surface area contributed by atoms with E-state index < -0.39 is 34.3 Å². The van der Waals surface area contributed by atoms with E-state index in [0.717, 1.165) is 12.1 Å². The van der Waals surface area contributed by atoms with Gasteiger partial charge in [-0.15, -0.1) is 0 Å². The molecule has 0 bridgehead atoms. The zero-order valence-corrected chi connectivity index (χ0v) is 11.9. The third-order valence-electron chi connectivity index (χ3n) is 2.44. The number of carbonyl (C=O) groups is 2. The summed E-state index contributed by atoms with van der Waals surface area (Å²) in [7, 11) is 0. The number of carbonyl (C=O) groups excluding carboxylic acids is 1. The number of nitro groups is 1. The van der Waals surface area contributed by atoms with Crippen LogP contribution in [0.1, 0.15) is 12.5 Å². The van der Waals surface area contributed by atoms with Gasteiger partial charge in [-0.25, -0.2) is 4.79 Å². The summed E-state index contributed by atoms with van der Waals surface area (Å²) in [5.41, 5.74) is -0.111. The van der Waals surface area contributed by atoms with Gasteiger partial charge in [-0.3, -0.25) is 14.9 Å². The minimum Gasteiger partial charge on any atom is -0.480 e. The van der Waals surface area contributed by atoms with Gasteiger partial charge in [-0.2, -0.15) is 16.2 Å². The van der Waals surface area contributed by atoms with Gasteiger partial charge in [0.1, 0.15) is 6.04 Å². The van der Waals surface area contributed by atoms with Gasteiger partial charge >= 0.3 is 11.7 Å². The molecule has 0 saturated carbocycles. The van der Waals surface area contributed by atoms with Crippen LogP contribution in [0.25, 0.3) is 0 Å². The van der Waals surface area contributed by atoms with Crippen LogP contribution in [-0.4, -0.2) is 33.7 Å². The van der Waals surface area contributed by atoms with Crippen molar-refractivity contribution in [1.29, 1.82) is 0 Å². The molecule has 21 heavy (non-hydrogen) atoms. The number of amides is 1. The highest BCUT2D eigenvalue weighted by Crippen LogP contribution is 2.21. The number of nitro benzene ring substituents is 1. The van der Waals surface area contributed by atoms with Crippen LogP contribution >= 0.6 is 11.8 Å². The molecule has 114 valence electrons. The molecule has 1 rings (SSSR count). The number of hydrogen-bond donors (Lipinski definition) is 2. The molecule has 1 atom stereocenters. The largest absolute Gasteiger partial charge is 0.480 e. The monoisotopic (exact) mass is 316 g/mol. The van der Waals surface area contributed by atoms with Crippen LogP contribution in [0.4, 0.5) is 10.1 Å². The predicted molar refractivity (Wildman–Crippen MR) is 74.5 cm³/mol. The summed E-state index contributed by atoms with van der Waals surface area (Å²) in [6, 6.07) is 2.48. The fraction of sp³-hybridized carbons (Fsp3) is 0.333. The molecule has 1 aromatic carbocycles. The predicted octanol–water partition coefficient (Wildman–Crippen LogP) is 1.56. The van der Waals surface area contributed by atoms with Crippen LogP contribution in [0.3, 0.4) is 0 Å². The SMILES string of the molecule is CC(=O)NC(CSCc1ccc([N+](=O)[O-])c(F)c1)C(=O)O. The summed E-state index contributed by atoms with van der Waals surface area (Å²) in [5.74, 6) is -2.17. The molecule has 9 heteroatoms. The number of carboxylic acids is 1. The first-order valence-corrected chi connectivity index (χ1v) is 6.97. The van der Waals surface area contributed by atoms with Crippen molar-refractivity contribution in [3.8, 4) is 0 Å². The number of benzene rings is 1. The Morgan fingerprint density at radius 3 is 2.67 bits per heavy atom. The first kappa shape index (κ1) is 16.9. The van der Waals surface area contributed by atoms with E-state index in [2.05, 4.69) is 5.32 Å². The van der Waals surface area contributed by atoms with Crippen LogP contribution in [0.15, 0.2) is 18.2 Å². The topological polar surface area (TPSA) is 110 Å². The molecule has 0 spiro atoms. The van der Waals surface area contributed by atoms with Crippen molar-refractivity contribution >= 4 is 29.3 Å². The molecular formula is C12H13FN2O5S. The lowest BCUT2D eigenvalue weighted by Crippen LogP contribution is -2.41. The molecule has 0 aliphatic carbocycles. The Morgan fingerprint density at radius 1 is 1.52 bits per heavy atom. The highest BCUT2D eigenvalue weighted by Gasteiger charge is 2.18. The van der Waals surface area contributed by atoms with Crippen molar-refractivity contribution in [3.05, 3.63) is 39.7 Å². The van der Waals surface area contributed by atoms with Crippen molar-refractivity contribution < 1.29 is 24.0 Å². The standard InChI is InChI=1S/C12H13FN2O5S/c1-7(16)14-10(12(17)18)6-21-5-8-2-3-11(15(19)20)9(13)4-8/h2-4,10H,5-6H2,1H3,(H,14,16)(H,17,18). The van der Waals surface area contributed by atoms with Crippen LogP contribution < -0.4 is 5.32 Å². The molecule has 1 amide bonds. The number of carboxylic acid groups (broad SMARTS) is 1. The lowest BCUT2D eigenvalue weighted by atomic mass is 10.2. The molecular weight excluding hydrogens is 303 g/mol. The second-order valence-corrected chi connectivity index (χ2v) is 5.18. The summed E-state index contributed by atoms with van der Waals surface area (Å²) in [4.78, 5) is 31.4. The van der Waals surface area contributed by atoms with Gasteiger partial charge in [0.2, 0.25) is 11.7 Å². The first-order valence-electron chi connectivity index (χ1n) is 5.81. The molecule has 0 aromatic heterocycles. The van der Waals surface area contributed by atoms with E-state index in [1.54, 1.807) is 0 Å². The highest BCUT2D eigenvalue weighted by molar-refractivity contribution is 7.98. The van der Waals surface area contributed by atoms with Crippen molar-refractivity contribution in [1.82, 2.24) is 5.32 Å². The van der Waals surface area contributed by atoms with Gasteiger partial charge in [0, 0.05) is 24.5 Å². The summed E-state index contributed by atoms with van der Waals surface area (Å²) in [6.45, 7) is 1.21. The maximum atomic E-state index is 13.4. The van der Waals surface area contributed by atoms with E-state index in [9.17, 15) is 24.1 Å². The molecule has 2 N–H and O–H groups in total. The van der Waals surface area contributed by atoms with Crippen molar-refractivity contribution in [3.63, 3.8) is 0 Å². The van der Waals surface area contributed by atoms with Crippen LogP contribution in [0, 0.1) is 15.9 Å². The van der Waals surface area contributed by atoms with Crippen molar-refractivity contribution in [2.75, 3.05) is 5.75 Å². The zero-order chi connectivity index (χ0) is 16.0. The molecule has 1 unspecified atom stereocenters. The molecule has 0 heterocycles. The van der Waals surface area contributed by atoms with E-state index in [1.165, 1.54) is 24.8 Å². The van der Waals surface area contributed by atoms with E-state index in [4.69, 9.17) is 5.11 Å². The van der Waals surface area contributed by atoms with Gasteiger partial charge in [0.05, 0.1) is 4.92 Å². The van der Waals surface area contributed by atoms with Crippen molar-refractivity contribution in [2.24, 2.45) is 0 Å². The Hall–Kier alpha value is -2.16. The molecule has 0 aliphatic rings. The molecule has 1 aromatic rings. The number of rotatable bonds is 7. The summed E-state index contributed by atoms with van der Waals surface area (Å²) >= 11 is 1.18. The number of hydrogen-bond acceptors (Lipinski definition) is 5. The van der Waals surface area contributed by atoms with Crippen molar-refractivity contribution in [2.45, 2.75) is 18.7 Å². The maximum absolute atomic E-state index is 13.4. The third kappa shape index (κ3) is 5.38. The van der Waals surface area contributed by atoms with Gasteiger partial charge in [-0.05, 0) is 11.6 Å². The summed E-state index contributed by atoms with van der Waals surface area (Å²) < 4.78 is 13.4. The molecule has 0 radical (unpaired) electrons. The lowest BCUT2D eigenvalue weighted by molar-refractivity contribution is -0.387. The average Bonchev–Trinajstić information content (AvgIpc) is 2.36. The number of halogens is 1. The van der Waals surface area contributed by atoms with Gasteiger partial charge in [-0.1, -0.05) is 6.07 Å². The fourth-order valence-electron chi connectivity index (χ4n) is 1.50. The molecule has 0 saturated heterocycles. The summed E-state index contributed by atoms with van der Waals surface area (Å²) in [5, 5.41) is 21.6. The minimum absolute atomic E-state index is 0.105. The van der Waals surface area contributed by atoms with E-state index in [-0.39, 0.29) is 11.5 Å². The first-order chi connectivity index (χ1) is 9.81. The molecule has 0 aliphatic heterocycles. The number of thioether (sulfide) groups is 1. The number of nitrogens with one attached hydrogen (secondary N) is 1. The van der Waals surface area contributed by atoms with Gasteiger partial charge in [0.25, 0.3) is 0 Å². The van der Waals surface area contributed by atoms with Gasteiger partial charge in [0.15, 0.2) is 0 Å². The molecule has 0 fully saturated rings. The number of nitrogens with zero attached hydrogens (tertiary/aromatic N) is 1. The minimum atomic E-state index is -1.16. The Labute approximate surface area is 123 Å². The lowest BCUT2D eigenvalue weighted by Gasteiger charge is -2.12. The third-order valence-corrected chi connectivity index (χ3v) is 3.54. The Bertz CT molecular complexity index is 567. The number of aliphatic carboxylic acids is 1. The quantitative estimate of drug-likeness (QED) is 0.583.